The highest BCUT2D eigenvalue weighted by Gasteiger charge is 2.48. The van der Waals surface area contributed by atoms with Gasteiger partial charge in [-0.05, 0) is 42.7 Å². The minimum atomic E-state index is -5.75. The lowest BCUT2D eigenvalue weighted by Crippen LogP contribution is -2.28. The first kappa shape index (κ1) is 19.3. The summed E-state index contributed by atoms with van der Waals surface area (Å²) in [4.78, 5) is 4.29. The molecule has 0 saturated heterocycles. The topological polar surface area (TPSA) is 55.7 Å². The molecular weight excluding hydrogens is 393 g/mol. The number of rotatable bonds is 4. The lowest BCUT2D eigenvalue weighted by molar-refractivity contribution is -0.0500. The Hall–Kier alpha value is -2.49. The SMILES string of the molecule is O=S(=O)(Oc1ccc(C2CCC(c3c(F)cccc3F)=N2)cc1)C(F)(F)F. The molecule has 1 unspecified atom stereocenters. The zero-order chi connectivity index (χ0) is 19.8. The molecule has 0 fully saturated rings. The molecule has 1 aliphatic rings. The van der Waals surface area contributed by atoms with E-state index in [0.717, 1.165) is 24.3 Å². The van der Waals surface area contributed by atoms with Crippen molar-refractivity contribution in [2.75, 3.05) is 0 Å². The van der Waals surface area contributed by atoms with Crippen molar-refractivity contribution in [3.63, 3.8) is 0 Å². The van der Waals surface area contributed by atoms with Gasteiger partial charge in [-0.3, -0.25) is 4.99 Å². The number of hydrogen-bond acceptors (Lipinski definition) is 4. The van der Waals surface area contributed by atoms with Crippen molar-refractivity contribution in [3.05, 3.63) is 65.2 Å². The zero-order valence-electron chi connectivity index (χ0n) is 13.5. The maximum atomic E-state index is 13.9. The number of hydrogen-bond donors (Lipinski definition) is 0. The van der Waals surface area contributed by atoms with Gasteiger partial charge < -0.3 is 4.18 Å². The van der Waals surface area contributed by atoms with Gasteiger partial charge in [0.1, 0.15) is 17.4 Å². The normalized spacial score (nSPS) is 17.7. The number of alkyl halides is 3. The van der Waals surface area contributed by atoms with Crippen molar-refractivity contribution >= 4 is 15.8 Å². The Morgan fingerprint density at radius 3 is 2.15 bits per heavy atom. The first-order chi connectivity index (χ1) is 12.6. The van der Waals surface area contributed by atoms with Crippen LogP contribution in [-0.4, -0.2) is 19.6 Å². The fourth-order valence-electron chi connectivity index (χ4n) is 2.71. The maximum absolute atomic E-state index is 13.9. The van der Waals surface area contributed by atoms with E-state index < -0.39 is 39.1 Å². The van der Waals surface area contributed by atoms with E-state index in [2.05, 4.69) is 9.18 Å². The smallest absolute Gasteiger partial charge is 0.376 e. The molecular formula is C17H12F5NO3S. The highest BCUT2D eigenvalue weighted by atomic mass is 32.2. The Kier molecular flexibility index (Phi) is 4.94. The van der Waals surface area contributed by atoms with Crippen molar-refractivity contribution in [2.45, 2.75) is 24.4 Å². The van der Waals surface area contributed by atoms with E-state index in [1.54, 1.807) is 0 Å². The highest BCUT2D eigenvalue weighted by Crippen LogP contribution is 2.34. The molecule has 1 atom stereocenters. The van der Waals surface area contributed by atoms with Crippen LogP contribution in [0.15, 0.2) is 47.5 Å². The molecule has 1 aliphatic heterocycles. The van der Waals surface area contributed by atoms with Crippen LogP contribution >= 0.6 is 0 Å². The van der Waals surface area contributed by atoms with Gasteiger partial charge in [-0.25, -0.2) is 8.78 Å². The molecule has 3 rings (SSSR count). The van der Waals surface area contributed by atoms with E-state index in [4.69, 9.17) is 0 Å². The highest BCUT2D eigenvalue weighted by molar-refractivity contribution is 7.88. The monoisotopic (exact) mass is 405 g/mol. The average molecular weight is 405 g/mol. The summed E-state index contributed by atoms with van der Waals surface area (Å²) < 4.78 is 90.7. The van der Waals surface area contributed by atoms with Gasteiger partial charge in [0.15, 0.2) is 0 Å². The quantitative estimate of drug-likeness (QED) is 0.427. The standard InChI is InChI=1S/C17H12F5NO3S/c18-12-2-1-3-13(19)16(12)15-9-8-14(23-15)10-4-6-11(7-5-10)26-27(24,25)17(20,21)22/h1-7,14H,8-9H2. The van der Waals surface area contributed by atoms with Crippen molar-refractivity contribution in [1.29, 1.82) is 0 Å². The summed E-state index contributed by atoms with van der Waals surface area (Å²) in [7, 11) is -5.75. The number of benzene rings is 2. The largest absolute Gasteiger partial charge is 0.534 e. The molecule has 0 saturated carbocycles. The molecule has 0 N–H and O–H groups in total. The molecule has 1 heterocycles. The second-order valence-electron chi connectivity index (χ2n) is 5.78. The lowest BCUT2D eigenvalue weighted by atomic mass is 10.0. The van der Waals surface area contributed by atoms with Crippen LogP contribution in [-0.2, 0) is 10.1 Å². The van der Waals surface area contributed by atoms with E-state index in [0.29, 0.717) is 18.4 Å². The van der Waals surface area contributed by atoms with Gasteiger partial charge in [-0.2, -0.15) is 21.6 Å². The van der Waals surface area contributed by atoms with Crippen molar-refractivity contribution in [2.24, 2.45) is 4.99 Å². The maximum Gasteiger partial charge on any atom is 0.534 e. The summed E-state index contributed by atoms with van der Waals surface area (Å²) in [6, 6.07) is 7.89. The van der Waals surface area contributed by atoms with E-state index in [9.17, 15) is 30.4 Å². The Labute approximate surface area is 151 Å². The van der Waals surface area contributed by atoms with Crippen LogP contribution in [0.2, 0.25) is 0 Å². The fourth-order valence-corrected chi connectivity index (χ4v) is 3.17. The fraction of sp³-hybridized carbons (Fsp3) is 0.235. The third-order valence-corrected chi connectivity index (χ3v) is 4.95. The molecule has 0 aliphatic carbocycles. The van der Waals surface area contributed by atoms with Gasteiger partial charge >= 0.3 is 15.6 Å². The first-order valence-electron chi connectivity index (χ1n) is 7.70. The second-order valence-corrected chi connectivity index (χ2v) is 7.32. The molecule has 4 nitrogen and oxygen atoms in total. The summed E-state index contributed by atoms with van der Waals surface area (Å²) in [5, 5.41) is 0. The minimum Gasteiger partial charge on any atom is -0.376 e. The Balaban J connectivity index is 1.80. The van der Waals surface area contributed by atoms with E-state index in [-0.39, 0.29) is 11.3 Å². The zero-order valence-corrected chi connectivity index (χ0v) is 14.3. The molecule has 27 heavy (non-hydrogen) atoms. The van der Waals surface area contributed by atoms with Gasteiger partial charge in [-0.1, -0.05) is 18.2 Å². The second kappa shape index (κ2) is 6.91. The van der Waals surface area contributed by atoms with Crippen LogP contribution in [0.3, 0.4) is 0 Å². The van der Waals surface area contributed by atoms with Crippen molar-refractivity contribution in [3.8, 4) is 5.75 Å². The Morgan fingerprint density at radius 1 is 1.00 bits per heavy atom. The molecule has 0 bridgehead atoms. The summed E-state index contributed by atoms with van der Waals surface area (Å²) in [5.41, 5.74) is -4.91. The molecule has 0 spiro atoms. The molecule has 10 heteroatoms. The lowest BCUT2D eigenvalue weighted by Gasteiger charge is -2.11. The van der Waals surface area contributed by atoms with Gasteiger partial charge in [0.05, 0.1) is 11.6 Å². The Morgan fingerprint density at radius 2 is 1.59 bits per heavy atom. The number of nitrogens with zero attached hydrogens (tertiary/aromatic N) is 1. The average Bonchev–Trinajstić information content (AvgIpc) is 3.03. The van der Waals surface area contributed by atoms with Crippen LogP contribution < -0.4 is 4.18 Å². The predicted molar refractivity (Wildman–Crippen MR) is 86.9 cm³/mol. The van der Waals surface area contributed by atoms with Crippen LogP contribution in [0.25, 0.3) is 0 Å². The molecule has 2 aromatic rings. The minimum absolute atomic E-state index is 0.198. The van der Waals surface area contributed by atoms with Crippen LogP contribution in [0.5, 0.6) is 5.75 Å². The summed E-state index contributed by atoms with van der Waals surface area (Å²) >= 11 is 0. The van der Waals surface area contributed by atoms with E-state index in [1.165, 1.54) is 18.2 Å². The van der Waals surface area contributed by atoms with Crippen LogP contribution in [0.1, 0.15) is 30.0 Å². The van der Waals surface area contributed by atoms with Crippen LogP contribution in [0, 0.1) is 11.6 Å². The van der Waals surface area contributed by atoms with Gasteiger partial charge in [0, 0.05) is 5.71 Å². The van der Waals surface area contributed by atoms with E-state index >= 15 is 0 Å². The third-order valence-electron chi connectivity index (χ3n) is 3.97. The summed E-state index contributed by atoms with van der Waals surface area (Å²) in [6.07, 6.45) is 0.771. The predicted octanol–water partition coefficient (Wildman–Crippen LogP) is 4.52. The number of halogens is 5. The third kappa shape index (κ3) is 3.95. The molecule has 0 radical (unpaired) electrons. The first-order valence-corrected chi connectivity index (χ1v) is 9.11. The van der Waals surface area contributed by atoms with Crippen molar-refractivity contribution < 1.29 is 34.6 Å². The Bertz CT molecular complexity index is 964. The molecule has 2 aromatic carbocycles. The summed E-state index contributed by atoms with van der Waals surface area (Å²) in [6.45, 7) is 0. The van der Waals surface area contributed by atoms with Crippen molar-refractivity contribution in [1.82, 2.24) is 0 Å². The van der Waals surface area contributed by atoms with Crippen LogP contribution in [0.4, 0.5) is 22.0 Å². The molecule has 0 aromatic heterocycles. The molecule has 144 valence electrons. The van der Waals surface area contributed by atoms with Gasteiger partial charge in [0.25, 0.3) is 0 Å². The number of aliphatic imine (C=N–C) groups is 1. The van der Waals surface area contributed by atoms with Gasteiger partial charge in [0.2, 0.25) is 0 Å². The van der Waals surface area contributed by atoms with E-state index in [1.807, 2.05) is 0 Å². The van der Waals surface area contributed by atoms with Gasteiger partial charge in [-0.15, -0.1) is 0 Å². The summed E-state index contributed by atoms with van der Waals surface area (Å²) in [5.74, 6) is -1.95. The molecule has 0 amide bonds.